The number of benzene rings is 1. The number of rotatable bonds is 6. The quantitative estimate of drug-likeness (QED) is 0.542. The first-order chi connectivity index (χ1) is 15.9. The summed E-state index contributed by atoms with van der Waals surface area (Å²) in [6.45, 7) is 2.58. The van der Waals surface area contributed by atoms with Crippen LogP contribution in [0.25, 0.3) is 0 Å². The lowest BCUT2D eigenvalue weighted by Crippen LogP contribution is -2.36. The molecule has 2 aliphatic rings. The van der Waals surface area contributed by atoms with Gasteiger partial charge in [-0.05, 0) is 81.9 Å². The average molecular weight is 471 g/mol. The van der Waals surface area contributed by atoms with Gasteiger partial charge in [0.25, 0.3) is 0 Å². The number of halogens is 1. The summed E-state index contributed by atoms with van der Waals surface area (Å²) in [4.78, 5) is 24.1. The van der Waals surface area contributed by atoms with Gasteiger partial charge in [0.15, 0.2) is 0 Å². The summed E-state index contributed by atoms with van der Waals surface area (Å²) in [5.74, 6) is 2.30. The van der Waals surface area contributed by atoms with Crippen LogP contribution >= 0.6 is 11.6 Å². The third kappa shape index (κ3) is 5.88. The molecule has 0 atom stereocenters. The van der Waals surface area contributed by atoms with Crippen molar-refractivity contribution in [3.05, 3.63) is 40.0 Å². The monoisotopic (exact) mass is 470 g/mol. The van der Waals surface area contributed by atoms with E-state index in [1.807, 2.05) is 25.1 Å². The highest BCUT2D eigenvalue weighted by Gasteiger charge is 2.24. The summed E-state index contributed by atoms with van der Waals surface area (Å²) < 4.78 is 0. The van der Waals surface area contributed by atoms with E-state index in [4.69, 9.17) is 21.6 Å². The SMILES string of the molecule is Cc1c(Cl)cccc1NC(=O)NCC1CCC(Nc2nc3c(c(N(C)C)n2)CCCC3)CC1. The molecule has 0 spiro atoms. The Morgan fingerprint density at radius 2 is 1.88 bits per heavy atom. The van der Waals surface area contributed by atoms with E-state index in [0.29, 0.717) is 23.5 Å². The number of aryl methyl sites for hydroxylation is 1. The Morgan fingerprint density at radius 3 is 2.64 bits per heavy atom. The molecule has 1 heterocycles. The van der Waals surface area contributed by atoms with Crippen LogP contribution in [0.5, 0.6) is 0 Å². The smallest absolute Gasteiger partial charge is 0.319 e. The van der Waals surface area contributed by atoms with E-state index in [9.17, 15) is 4.79 Å². The predicted molar refractivity (Wildman–Crippen MR) is 136 cm³/mol. The van der Waals surface area contributed by atoms with Crippen molar-refractivity contribution < 1.29 is 4.79 Å². The molecule has 8 heteroatoms. The van der Waals surface area contributed by atoms with Crippen LogP contribution < -0.4 is 20.9 Å². The summed E-state index contributed by atoms with van der Waals surface area (Å²) in [5, 5.41) is 10.2. The molecule has 1 fully saturated rings. The Labute approximate surface area is 201 Å². The molecule has 4 rings (SSSR count). The molecular weight excluding hydrogens is 436 g/mol. The lowest BCUT2D eigenvalue weighted by Gasteiger charge is -2.30. The number of aromatic nitrogens is 2. The Hall–Kier alpha value is -2.54. The Bertz CT molecular complexity index is 987. The van der Waals surface area contributed by atoms with Crippen molar-refractivity contribution in [3.8, 4) is 0 Å². The zero-order valence-corrected chi connectivity index (χ0v) is 20.6. The first-order valence-electron chi connectivity index (χ1n) is 12.0. The molecule has 0 unspecified atom stereocenters. The number of hydrogen-bond acceptors (Lipinski definition) is 5. The second-order valence-corrected chi connectivity index (χ2v) is 9.91. The summed E-state index contributed by atoms with van der Waals surface area (Å²) in [6.07, 6.45) is 8.79. The van der Waals surface area contributed by atoms with Crippen LogP contribution in [0.2, 0.25) is 5.02 Å². The van der Waals surface area contributed by atoms with Gasteiger partial charge in [0.05, 0.1) is 5.69 Å². The van der Waals surface area contributed by atoms with Crippen molar-refractivity contribution in [2.75, 3.05) is 36.2 Å². The second-order valence-electron chi connectivity index (χ2n) is 9.51. The molecule has 0 radical (unpaired) electrons. The van der Waals surface area contributed by atoms with Crippen molar-refractivity contribution in [3.63, 3.8) is 0 Å². The van der Waals surface area contributed by atoms with Crippen LogP contribution in [0.4, 0.5) is 22.2 Å². The molecule has 0 saturated heterocycles. The maximum Gasteiger partial charge on any atom is 0.319 e. The van der Waals surface area contributed by atoms with Gasteiger partial charge < -0.3 is 20.9 Å². The maximum atomic E-state index is 12.3. The number of nitrogens with one attached hydrogen (secondary N) is 3. The number of hydrogen-bond donors (Lipinski definition) is 3. The van der Waals surface area contributed by atoms with Crippen LogP contribution in [-0.4, -0.2) is 42.7 Å². The van der Waals surface area contributed by atoms with E-state index >= 15 is 0 Å². The fourth-order valence-electron chi connectivity index (χ4n) is 4.85. The number of amides is 2. The Kier molecular flexibility index (Phi) is 7.58. The molecule has 33 heavy (non-hydrogen) atoms. The van der Waals surface area contributed by atoms with Crippen molar-refractivity contribution in [2.45, 2.75) is 64.3 Å². The molecule has 2 aliphatic carbocycles. The highest BCUT2D eigenvalue weighted by Crippen LogP contribution is 2.30. The minimum atomic E-state index is -0.181. The summed E-state index contributed by atoms with van der Waals surface area (Å²) >= 11 is 6.14. The van der Waals surface area contributed by atoms with Gasteiger partial charge in [-0.3, -0.25) is 0 Å². The van der Waals surface area contributed by atoms with Crippen molar-refractivity contribution in [2.24, 2.45) is 5.92 Å². The standard InChI is InChI=1S/C25H35ClN6O/c1-16-20(26)8-6-10-21(16)30-25(33)27-15-17-11-13-18(14-12-17)28-24-29-22-9-5-4-7-19(22)23(31-24)32(2)3/h6,8,10,17-18H,4-5,7,9,11-15H2,1-3H3,(H2,27,30,33)(H,28,29,31). The number of urea groups is 1. The number of carbonyl (C=O) groups excluding carboxylic acids is 1. The van der Waals surface area contributed by atoms with Gasteiger partial charge in [0.1, 0.15) is 5.82 Å². The molecule has 3 N–H and O–H groups in total. The van der Waals surface area contributed by atoms with Gasteiger partial charge in [0, 0.05) is 43.0 Å². The van der Waals surface area contributed by atoms with Gasteiger partial charge in [-0.2, -0.15) is 4.98 Å². The lowest BCUT2D eigenvalue weighted by atomic mass is 9.86. The Balaban J connectivity index is 1.26. The van der Waals surface area contributed by atoms with E-state index in [1.165, 1.54) is 24.1 Å². The molecule has 178 valence electrons. The van der Waals surface area contributed by atoms with E-state index in [2.05, 4.69) is 34.9 Å². The minimum absolute atomic E-state index is 0.181. The first kappa shape index (κ1) is 23.6. The molecule has 1 aromatic heterocycles. The van der Waals surface area contributed by atoms with Crippen LogP contribution in [0, 0.1) is 12.8 Å². The number of carbonyl (C=O) groups is 1. The third-order valence-corrected chi connectivity index (χ3v) is 7.24. The summed E-state index contributed by atoms with van der Waals surface area (Å²) in [6, 6.07) is 5.72. The van der Waals surface area contributed by atoms with Crippen LogP contribution in [0.3, 0.4) is 0 Å². The van der Waals surface area contributed by atoms with E-state index in [1.54, 1.807) is 0 Å². The molecule has 2 aromatic rings. The lowest BCUT2D eigenvalue weighted by molar-refractivity contribution is 0.246. The Morgan fingerprint density at radius 1 is 1.12 bits per heavy atom. The molecule has 2 amide bonds. The van der Waals surface area contributed by atoms with Gasteiger partial charge >= 0.3 is 6.03 Å². The largest absolute Gasteiger partial charge is 0.362 e. The van der Waals surface area contributed by atoms with E-state index in [-0.39, 0.29) is 6.03 Å². The van der Waals surface area contributed by atoms with E-state index in [0.717, 1.165) is 61.5 Å². The fourth-order valence-corrected chi connectivity index (χ4v) is 5.02. The van der Waals surface area contributed by atoms with Crippen LogP contribution in [-0.2, 0) is 12.8 Å². The average Bonchev–Trinajstić information content (AvgIpc) is 2.81. The van der Waals surface area contributed by atoms with E-state index < -0.39 is 0 Å². The van der Waals surface area contributed by atoms with Crippen LogP contribution in [0.1, 0.15) is 55.3 Å². The highest BCUT2D eigenvalue weighted by atomic mass is 35.5. The molecule has 0 aliphatic heterocycles. The fraction of sp³-hybridized carbons (Fsp3) is 0.560. The summed E-state index contributed by atoms with van der Waals surface area (Å²) in [5.41, 5.74) is 4.15. The molecule has 0 bridgehead atoms. The second kappa shape index (κ2) is 10.6. The van der Waals surface area contributed by atoms with Crippen LogP contribution in [0.15, 0.2) is 18.2 Å². The predicted octanol–water partition coefficient (Wildman–Crippen LogP) is 5.18. The highest BCUT2D eigenvalue weighted by molar-refractivity contribution is 6.31. The maximum absolute atomic E-state index is 12.3. The van der Waals surface area contributed by atoms with Gasteiger partial charge in [-0.15, -0.1) is 0 Å². The van der Waals surface area contributed by atoms with Gasteiger partial charge in [-0.1, -0.05) is 17.7 Å². The molecule has 1 aromatic carbocycles. The first-order valence-corrected chi connectivity index (χ1v) is 12.4. The summed E-state index contributed by atoms with van der Waals surface area (Å²) in [7, 11) is 4.12. The number of fused-ring (bicyclic) bond motifs is 1. The molecule has 1 saturated carbocycles. The third-order valence-electron chi connectivity index (χ3n) is 6.83. The molecular formula is C25H35ClN6O. The van der Waals surface area contributed by atoms with Gasteiger partial charge in [-0.25, -0.2) is 9.78 Å². The zero-order chi connectivity index (χ0) is 23.4. The normalized spacial score (nSPS) is 20.0. The topological polar surface area (TPSA) is 82.2 Å². The number of anilines is 3. The van der Waals surface area contributed by atoms with Crippen molar-refractivity contribution in [1.82, 2.24) is 15.3 Å². The van der Waals surface area contributed by atoms with Gasteiger partial charge in [0.2, 0.25) is 5.95 Å². The zero-order valence-electron chi connectivity index (χ0n) is 19.9. The van der Waals surface area contributed by atoms with Crippen molar-refractivity contribution in [1.29, 1.82) is 0 Å². The minimum Gasteiger partial charge on any atom is -0.362 e. The number of nitrogens with zero attached hydrogens (tertiary/aromatic N) is 3. The molecule has 7 nitrogen and oxygen atoms in total. The van der Waals surface area contributed by atoms with Crippen molar-refractivity contribution >= 4 is 35.1 Å².